The molecular weight excluding hydrogens is 292 g/mol. The van der Waals surface area contributed by atoms with Crippen molar-refractivity contribution < 1.29 is 8.42 Å². The predicted octanol–water partition coefficient (Wildman–Crippen LogP) is 3.01. The van der Waals surface area contributed by atoms with Crippen molar-refractivity contribution in [2.45, 2.75) is 29.9 Å². The zero-order chi connectivity index (χ0) is 14.2. The number of aryl methyl sites for hydroxylation is 1. The van der Waals surface area contributed by atoms with Crippen molar-refractivity contribution >= 4 is 32.7 Å². The van der Waals surface area contributed by atoms with Crippen LogP contribution in [0.1, 0.15) is 24.0 Å². The molecule has 0 fully saturated rings. The molecule has 1 heterocycles. The molecule has 0 saturated carbocycles. The summed E-state index contributed by atoms with van der Waals surface area (Å²) in [6, 6.07) is 7.31. The highest BCUT2D eigenvalue weighted by molar-refractivity contribution is 7.94. The first-order chi connectivity index (χ1) is 9.56. The molecule has 2 aromatic rings. The molecule has 0 unspecified atom stereocenters. The lowest BCUT2D eigenvalue weighted by Crippen LogP contribution is -2.15. The Bertz CT molecular complexity index is 735. The second kappa shape index (κ2) is 5.10. The average Bonchev–Trinajstić information content (AvgIpc) is 2.86. The van der Waals surface area contributed by atoms with Crippen molar-refractivity contribution in [3.8, 4) is 0 Å². The number of hydrogen-bond acceptors (Lipinski definition) is 4. The van der Waals surface area contributed by atoms with Crippen molar-refractivity contribution in [3.63, 3.8) is 0 Å². The largest absolute Gasteiger partial charge is 0.398 e. The van der Waals surface area contributed by atoms with Gasteiger partial charge >= 0.3 is 0 Å². The summed E-state index contributed by atoms with van der Waals surface area (Å²) in [5, 5.41) is 1.63. The van der Waals surface area contributed by atoms with Crippen LogP contribution in [0, 0.1) is 0 Å². The lowest BCUT2D eigenvalue weighted by molar-refractivity contribution is 0.603. The second-order valence-electron chi connectivity index (χ2n) is 4.95. The maximum absolute atomic E-state index is 12.3. The van der Waals surface area contributed by atoms with E-state index in [0.29, 0.717) is 11.4 Å². The number of sulfonamides is 1. The molecule has 0 atom stereocenters. The fourth-order valence-corrected chi connectivity index (χ4v) is 4.72. The summed E-state index contributed by atoms with van der Waals surface area (Å²) in [6.45, 7) is 0. The Labute approximate surface area is 122 Å². The molecular formula is C14H16N2O2S2. The molecule has 0 spiro atoms. The van der Waals surface area contributed by atoms with Crippen molar-refractivity contribution in [2.75, 3.05) is 10.5 Å². The van der Waals surface area contributed by atoms with Crippen LogP contribution in [0.5, 0.6) is 0 Å². The topological polar surface area (TPSA) is 72.2 Å². The molecule has 0 bridgehead atoms. The number of fused-ring (bicyclic) bond motifs is 1. The predicted molar refractivity (Wildman–Crippen MR) is 82.6 cm³/mol. The third kappa shape index (κ3) is 2.53. The van der Waals surface area contributed by atoms with Gasteiger partial charge in [-0.25, -0.2) is 8.42 Å². The van der Waals surface area contributed by atoms with E-state index < -0.39 is 10.0 Å². The Hall–Kier alpha value is -1.53. The minimum Gasteiger partial charge on any atom is -0.398 e. The van der Waals surface area contributed by atoms with Gasteiger partial charge in [-0.1, -0.05) is 12.1 Å². The first-order valence-corrected chi connectivity index (χ1v) is 8.90. The molecule has 1 aromatic heterocycles. The fraction of sp³-hybridized carbons (Fsp3) is 0.286. The Morgan fingerprint density at radius 1 is 1.20 bits per heavy atom. The number of benzene rings is 1. The number of anilines is 2. The summed E-state index contributed by atoms with van der Waals surface area (Å²) in [5.41, 5.74) is 9.16. The molecule has 0 amide bonds. The number of thiophene rings is 1. The van der Waals surface area contributed by atoms with Crippen LogP contribution in [0.25, 0.3) is 0 Å². The molecule has 1 aliphatic rings. The Kier molecular flexibility index (Phi) is 3.43. The molecule has 0 saturated heterocycles. The summed E-state index contributed by atoms with van der Waals surface area (Å²) < 4.78 is 27.6. The van der Waals surface area contributed by atoms with Gasteiger partial charge in [0.2, 0.25) is 0 Å². The highest BCUT2D eigenvalue weighted by Crippen LogP contribution is 2.30. The number of nitrogen functional groups attached to an aromatic ring is 1. The van der Waals surface area contributed by atoms with Crippen LogP contribution in [0.4, 0.5) is 11.4 Å². The first-order valence-electron chi connectivity index (χ1n) is 6.54. The van der Waals surface area contributed by atoms with Crippen LogP contribution < -0.4 is 10.5 Å². The van der Waals surface area contributed by atoms with Gasteiger partial charge in [-0.2, -0.15) is 0 Å². The van der Waals surface area contributed by atoms with Gasteiger partial charge in [-0.3, -0.25) is 4.72 Å². The van der Waals surface area contributed by atoms with Gasteiger partial charge in [-0.05, 0) is 48.9 Å². The van der Waals surface area contributed by atoms with Crippen LogP contribution in [0.3, 0.4) is 0 Å². The third-order valence-corrected chi connectivity index (χ3v) is 6.32. The van der Waals surface area contributed by atoms with Crippen molar-refractivity contribution in [1.29, 1.82) is 0 Å². The number of rotatable bonds is 3. The fourth-order valence-electron chi connectivity index (χ4n) is 2.54. The summed E-state index contributed by atoms with van der Waals surface area (Å²) in [4.78, 5) is 0. The van der Waals surface area contributed by atoms with E-state index in [-0.39, 0.29) is 4.21 Å². The SMILES string of the molecule is Nc1csc(S(=O)(=O)Nc2cccc3c2CCCC3)c1. The normalized spacial score (nSPS) is 14.8. The van der Waals surface area contributed by atoms with Crippen molar-refractivity contribution in [3.05, 3.63) is 40.8 Å². The molecule has 20 heavy (non-hydrogen) atoms. The lowest BCUT2D eigenvalue weighted by atomic mass is 9.91. The standard InChI is InChI=1S/C14H16N2O2S2/c15-11-8-14(19-9-11)20(17,18)16-13-7-3-5-10-4-1-2-6-12(10)13/h3,5,7-9,16H,1-2,4,6,15H2. The highest BCUT2D eigenvalue weighted by atomic mass is 32.2. The van der Waals surface area contributed by atoms with E-state index in [1.165, 1.54) is 18.1 Å². The molecule has 3 N–H and O–H groups in total. The Balaban J connectivity index is 1.95. The maximum Gasteiger partial charge on any atom is 0.271 e. The maximum atomic E-state index is 12.3. The van der Waals surface area contributed by atoms with Gasteiger partial charge < -0.3 is 5.73 Å². The number of nitrogens with two attached hydrogens (primary N) is 1. The van der Waals surface area contributed by atoms with E-state index in [1.54, 1.807) is 5.38 Å². The van der Waals surface area contributed by atoms with E-state index >= 15 is 0 Å². The second-order valence-corrected chi connectivity index (χ2v) is 7.78. The van der Waals surface area contributed by atoms with Crippen molar-refractivity contribution in [1.82, 2.24) is 0 Å². The van der Waals surface area contributed by atoms with Gasteiger partial charge in [-0.15, -0.1) is 11.3 Å². The summed E-state index contributed by atoms with van der Waals surface area (Å²) in [7, 11) is -3.54. The van der Waals surface area contributed by atoms with Crippen LogP contribution in [0.2, 0.25) is 0 Å². The zero-order valence-corrected chi connectivity index (χ0v) is 12.6. The van der Waals surface area contributed by atoms with Crippen LogP contribution in [-0.4, -0.2) is 8.42 Å². The molecule has 1 aliphatic carbocycles. The molecule has 1 aromatic carbocycles. The van der Waals surface area contributed by atoms with E-state index in [1.807, 2.05) is 12.1 Å². The van der Waals surface area contributed by atoms with Crippen LogP contribution in [0.15, 0.2) is 33.9 Å². The quantitative estimate of drug-likeness (QED) is 0.915. The minimum absolute atomic E-state index is 0.253. The summed E-state index contributed by atoms with van der Waals surface area (Å²) in [6.07, 6.45) is 4.24. The van der Waals surface area contributed by atoms with E-state index in [9.17, 15) is 8.42 Å². The molecule has 0 radical (unpaired) electrons. The molecule has 106 valence electrons. The minimum atomic E-state index is -3.54. The van der Waals surface area contributed by atoms with Gasteiger partial charge in [0.25, 0.3) is 10.0 Å². The molecule has 0 aliphatic heterocycles. The van der Waals surface area contributed by atoms with E-state index in [4.69, 9.17) is 5.73 Å². The summed E-state index contributed by atoms with van der Waals surface area (Å²) >= 11 is 1.14. The number of nitrogens with one attached hydrogen (secondary N) is 1. The van der Waals surface area contributed by atoms with Gasteiger partial charge in [0.15, 0.2) is 0 Å². The van der Waals surface area contributed by atoms with Crippen LogP contribution in [-0.2, 0) is 22.9 Å². The number of hydrogen-bond donors (Lipinski definition) is 2. The molecule has 6 heteroatoms. The van der Waals surface area contributed by atoms with Gasteiger partial charge in [0.1, 0.15) is 4.21 Å². The lowest BCUT2D eigenvalue weighted by Gasteiger charge is -2.19. The van der Waals surface area contributed by atoms with E-state index in [2.05, 4.69) is 10.8 Å². The van der Waals surface area contributed by atoms with E-state index in [0.717, 1.165) is 36.2 Å². The highest BCUT2D eigenvalue weighted by Gasteiger charge is 2.20. The van der Waals surface area contributed by atoms with Crippen molar-refractivity contribution in [2.24, 2.45) is 0 Å². The Morgan fingerprint density at radius 3 is 2.75 bits per heavy atom. The van der Waals surface area contributed by atoms with Gasteiger partial charge in [0, 0.05) is 11.1 Å². The van der Waals surface area contributed by atoms with Crippen LogP contribution >= 0.6 is 11.3 Å². The smallest absolute Gasteiger partial charge is 0.271 e. The zero-order valence-electron chi connectivity index (χ0n) is 10.9. The van der Waals surface area contributed by atoms with Gasteiger partial charge in [0.05, 0.1) is 5.69 Å². The Morgan fingerprint density at radius 2 is 2.00 bits per heavy atom. The third-order valence-electron chi connectivity index (χ3n) is 3.50. The summed E-state index contributed by atoms with van der Waals surface area (Å²) in [5.74, 6) is 0. The monoisotopic (exact) mass is 308 g/mol. The average molecular weight is 308 g/mol. The molecule has 3 rings (SSSR count). The first kappa shape index (κ1) is 13.5. The molecule has 4 nitrogen and oxygen atoms in total.